The molecule has 21 heavy (non-hydrogen) atoms. The largest absolute Gasteiger partial charge is 0.457 e. The smallest absolute Gasteiger partial charge is 0.273 e. The molecule has 8 heteroatoms. The predicted molar refractivity (Wildman–Crippen MR) is 76.8 cm³/mol. The molecule has 0 aliphatic rings. The molecule has 0 bridgehead atoms. The average Bonchev–Trinajstić information content (AvgIpc) is 2.46. The van der Waals surface area contributed by atoms with Crippen molar-refractivity contribution in [3.05, 3.63) is 64.2 Å². The topological polar surface area (TPSA) is 98.5 Å². The summed E-state index contributed by atoms with van der Waals surface area (Å²) in [5.41, 5.74) is 0.375. The molecule has 2 rings (SSSR count). The van der Waals surface area contributed by atoms with Crippen LogP contribution >= 0.6 is 0 Å². The van der Waals surface area contributed by atoms with Crippen molar-refractivity contribution in [3.8, 4) is 11.5 Å². The van der Waals surface area contributed by atoms with Crippen molar-refractivity contribution in [2.24, 2.45) is 0 Å². The van der Waals surface area contributed by atoms with Crippen molar-refractivity contribution in [1.82, 2.24) is 4.72 Å². The Hall–Kier alpha value is -2.45. The Morgan fingerprint density at radius 3 is 2.48 bits per heavy atom. The molecule has 0 saturated heterocycles. The van der Waals surface area contributed by atoms with E-state index in [0.717, 1.165) is 0 Å². The zero-order valence-electron chi connectivity index (χ0n) is 10.8. The number of rotatable bonds is 6. The first-order chi connectivity index (χ1) is 10.1. The van der Waals surface area contributed by atoms with E-state index in [9.17, 15) is 18.5 Å². The molecule has 2 aromatic carbocycles. The minimum absolute atomic E-state index is 0.00113. The number of hydrogen-bond acceptors (Lipinski definition) is 5. The van der Waals surface area contributed by atoms with Gasteiger partial charge in [-0.15, -0.1) is 0 Å². The van der Waals surface area contributed by atoms with Crippen LogP contribution in [-0.4, -0.2) is 13.3 Å². The number of benzene rings is 2. The minimum Gasteiger partial charge on any atom is -0.457 e. The number of nitro benzene ring substituents is 1. The Bertz CT molecular complexity index is 708. The number of non-ortho nitro benzene ring substituents is 1. The molecule has 0 aromatic heterocycles. The van der Waals surface area contributed by atoms with Gasteiger partial charge in [0.15, 0.2) is 0 Å². The molecule has 0 radical (unpaired) electrons. The van der Waals surface area contributed by atoms with Crippen molar-refractivity contribution in [2.75, 3.05) is 0 Å². The van der Waals surface area contributed by atoms with Gasteiger partial charge in [0, 0.05) is 18.2 Å². The van der Waals surface area contributed by atoms with Gasteiger partial charge in [-0.2, -0.15) is 0 Å². The third-order valence-corrected chi connectivity index (χ3v) is 3.05. The summed E-state index contributed by atoms with van der Waals surface area (Å²) < 4.78 is 29.0. The van der Waals surface area contributed by atoms with Crippen molar-refractivity contribution in [1.29, 1.82) is 0 Å². The Kier molecular flexibility index (Phi) is 4.85. The maximum atomic E-state index is 10.8. The molecule has 0 saturated carbocycles. The SMILES string of the molecule is O=[N+]([O-])c1ccc(CN[SH](=O)=O)c(Oc2ccccc2)c1. The van der Waals surface area contributed by atoms with Crippen LogP contribution in [0.3, 0.4) is 0 Å². The van der Waals surface area contributed by atoms with E-state index in [2.05, 4.69) is 4.72 Å². The number of para-hydroxylation sites is 1. The summed E-state index contributed by atoms with van der Waals surface area (Å²) in [6, 6.07) is 12.8. The summed E-state index contributed by atoms with van der Waals surface area (Å²) in [5.74, 6) is 0.741. The molecule has 7 nitrogen and oxygen atoms in total. The molecule has 0 fully saturated rings. The Labute approximate surface area is 122 Å². The van der Waals surface area contributed by atoms with Gasteiger partial charge in [0.25, 0.3) is 5.69 Å². The van der Waals surface area contributed by atoms with Crippen LogP contribution in [0, 0.1) is 10.1 Å². The lowest BCUT2D eigenvalue weighted by Gasteiger charge is -2.10. The number of thiol groups is 1. The van der Waals surface area contributed by atoms with Crippen molar-refractivity contribution >= 4 is 16.6 Å². The number of nitro groups is 1. The molecule has 0 spiro atoms. The molecule has 0 aliphatic carbocycles. The lowest BCUT2D eigenvalue weighted by molar-refractivity contribution is -0.384. The zero-order valence-corrected chi connectivity index (χ0v) is 11.7. The summed E-state index contributed by atoms with van der Waals surface area (Å²) in [6.07, 6.45) is 0. The summed E-state index contributed by atoms with van der Waals surface area (Å²) in [4.78, 5) is 10.3. The number of nitrogens with zero attached hydrogens (tertiary/aromatic N) is 1. The lowest BCUT2D eigenvalue weighted by atomic mass is 10.2. The second-order valence-corrected chi connectivity index (χ2v) is 4.89. The van der Waals surface area contributed by atoms with Crippen LogP contribution in [0.25, 0.3) is 0 Å². The number of ether oxygens (including phenoxy) is 1. The van der Waals surface area contributed by atoms with E-state index in [0.29, 0.717) is 11.3 Å². The predicted octanol–water partition coefficient (Wildman–Crippen LogP) is 2.00. The van der Waals surface area contributed by atoms with Crippen LogP contribution in [0.15, 0.2) is 48.5 Å². The highest BCUT2D eigenvalue weighted by atomic mass is 32.2. The monoisotopic (exact) mass is 308 g/mol. The van der Waals surface area contributed by atoms with Crippen LogP contribution in [-0.2, 0) is 17.4 Å². The first-order valence-electron chi connectivity index (χ1n) is 5.94. The molecule has 2 aromatic rings. The van der Waals surface area contributed by atoms with Crippen LogP contribution in [0.2, 0.25) is 0 Å². The molecule has 0 heterocycles. The van der Waals surface area contributed by atoms with Crippen molar-refractivity contribution in [3.63, 3.8) is 0 Å². The van der Waals surface area contributed by atoms with Crippen LogP contribution in [0.5, 0.6) is 11.5 Å². The van der Waals surface area contributed by atoms with E-state index >= 15 is 0 Å². The first kappa shape index (κ1) is 14.9. The van der Waals surface area contributed by atoms with E-state index in [-0.39, 0.29) is 18.0 Å². The third kappa shape index (κ3) is 4.26. The zero-order chi connectivity index (χ0) is 15.2. The van der Waals surface area contributed by atoms with E-state index in [1.54, 1.807) is 24.3 Å². The molecule has 0 unspecified atom stereocenters. The quantitative estimate of drug-likeness (QED) is 0.483. The maximum absolute atomic E-state index is 10.8. The molecule has 0 atom stereocenters. The summed E-state index contributed by atoms with van der Waals surface area (Å²) >= 11 is 0. The van der Waals surface area contributed by atoms with E-state index in [1.165, 1.54) is 18.2 Å². The Morgan fingerprint density at radius 2 is 1.86 bits per heavy atom. The molecule has 110 valence electrons. The van der Waals surface area contributed by atoms with Gasteiger partial charge < -0.3 is 4.74 Å². The van der Waals surface area contributed by atoms with Crippen LogP contribution in [0.4, 0.5) is 5.69 Å². The van der Waals surface area contributed by atoms with Crippen molar-refractivity contribution in [2.45, 2.75) is 6.54 Å². The fourth-order valence-electron chi connectivity index (χ4n) is 1.66. The first-order valence-corrected chi connectivity index (χ1v) is 7.12. The van der Waals surface area contributed by atoms with Crippen LogP contribution < -0.4 is 9.46 Å². The van der Waals surface area contributed by atoms with Crippen LogP contribution in [0.1, 0.15) is 5.56 Å². The van der Waals surface area contributed by atoms with Gasteiger partial charge in [-0.05, 0) is 18.2 Å². The van der Waals surface area contributed by atoms with Gasteiger partial charge in [0.1, 0.15) is 11.5 Å². The fourth-order valence-corrected chi connectivity index (χ4v) is 1.96. The number of hydrogen-bond donors (Lipinski definition) is 2. The molecule has 0 aliphatic heterocycles. The van der Waals surface area contributed by atoms with Gasteiger partial charge in [0.2, 0.25) is 10.9 Å². The highest BCUT2D eigenvalue weighted by Crippen LogP contribution is 2.29. The van der Waals surface area contributed by atoms with E-state index in [4.69, 9.17) is 4.74 Å². The molecular formula is C13H12N2O5S. The standard InChI is InChI=1S/C13H12N2O5S/c16-15(17)11-7-6-10(9-14-21(18)19)13(8-11)20-12-4-2-1-3-5-12/h1-8,21H,9H2,(H,14,18,19). The highest BCUT2D eigenvalue weighted by molar-refractivity contribution is 7.70. The van der Waals surface area contributed by atoms with Crippen molar-refractivity contribution < 1.29 is 18.1 Å². The summed E-state index contributed by atoms with van der Waals surface area (Å²) in [6.45, 7) is -0.00113. The average molecular weight is 308 g/mol. The fraction of sp³-hybridized carbons (Fsp3) is 0.0769. The van der Waals surface area contributed by atoms with Gasteiger partial charge in [-0.3, -0.25) is 10.1 Å². The van der Waals surface area contributed by atoms with Gasteiger partial charge in [-0.1, -0.05) is 18.2 Å². The van der Waals surface area contributed by atoms with E-state index < -0.39 is 15.8 Å². The molecular weight excluding hydrogens is 296 g/mol. The van der Waals surface area contributed by atoms with Gasteiger partial charge in [-0.25, -0.2) is 13.1 Å². The molecule has 0 amide bonds. The normalized spacial score (nSPS) is 10.5. The Balaban J connectivity index is 2.33. The van der Waals surface area contributed by atoms with Gasteiger partial charge in [0.05, 0.1) is 11.0 Å². The highest BCUT2D eigenvalue weighted by Gasteiger charge is 2.12. The second kappa shape index (κ2) is 6.82. The Morgan fingerprint density at radius 1 is 1.14 bits per heavy atom. The summed E-state index contributed by atoms with van der Waals surface area (Å²) in [7, 11) is -2.76. The molecule has 1 N–H and O–H groups in total. The van der Waals surface area contributed by atoms with E-state index in [1.807, 2.05) is 6.07 Å². The summed E-state index contributed by atoms with van der Waals surface area (Å²) in [5, 5.41) is 10.8. The third-order valence-electron chi connectivity index (χ3n) is 2.63. The number of nitrogens with one attached hydrogen (secondary N) is 1. The maximum Gasteiger partial charge on any atom is 0.273 e. The minimum atomic E-state index is -2.76. The lowest BCUT2D eigenvalue weighted by Crippen LogP contribution is -2.11. The second-order valence-electron chi connectivity index (χ2n) is 4.06. The van der Waals surface area contributed by atoms with Gasteiger partial charge >= 0.3 is 0 Å².